The van der Waals surface area contributed by atoms with Gasteiger partial charge >= 0.3 is 0 Å². The maximum absolute atomic E-state index is 9.95. The van der Waals surface area contributed by atoms with Gasteiger partial charge in [-0.15, -0.1) is 11.3 Å². The minimum atomic E-state index is -0.260. The molecule has 0 aliphatic carbocycles. The Morgan fingerprint density at radius 1 is 1.44 bits per heavy atom. The largest absolute Gasteiger partial charge is 0.392 e. The maximum atomic E-state index is 9.95. The summed E-state index contributed by atoms with van der Waals surface area (Å²) in [5.74, 6) is 0.349. The van der Waals surface area contributed by atoms with E-state index in [4.69, 9.17) is 0 Å². The third-order valence-electron chi connectivity index (χ3n) is 3.00. The first-order chi connectivity index (χ1) is 7.34. The molecule has 0 aromatic carbocycles. The van der Waals surface area contributed by atoms with Crippen LogP contribution in [0, 0.1) is 5.92 Å². The molecule has 0 spiro atoms. The molecule has 0 aliphatic rings. The Morgan fingerprint density at radius 3 is 2.50 bits per heavy atom. The fraction of sp³-hybridized carbons (Fsp3) is 0.769. The Morgan fingerprint density at radius 2 is 2.06 bits per heavy atom. The van der Waals surface area contributed by atoms with Gasteiger partial charge in [0.2, 0.25) is 0 Å². The van der Waals surface area contributed by atoms with Gasteiger partial charge in [-0.3, -0.25) is 0 Å². The predicted octanol–water partition coefficient (Wildman–Crippen LogP) is 3.39. The molecule has 1 aromatic rings. The molecule has 0 aliphatic heterocycles. The Labute approximate surface area is 103 Å². The monoisotopic (exact) mass is 241 g/mol. The molecule has 1 aromatic heterocycles. The molecule has 1 heterocycles. The van der Waals surface area contributed by atoms with Crippen molar-refractivity contribution in [2.75, 3.05) is 0 Å². The number of hydrogen-bond donors (Lipinski definition) is 1. The first-order valence-corrected chi connectivity index (χ1v) is 6.85. The molecule has 0 saturated carbocycles. The van der Waals surface area contributed by atoms with Crippen LogP contribution < -0.4 is 0 Å². The zero-order chi connectivity index (χ0) is 12.3. The highest BCUT2D eigenvalue weighted by atomic mass is 32.1. The van der Waals surface area contributed by atoms with Crippen LogP contribution in [0.4, 0.5) is 0 Å². The van der Waals surface area contributed by atoms with Crippen LogP contribution in [0.1, 0.15) is 51.7 Å². The van der Waals surface area contributed by atoms with Crippen molar-refractivity contribution in [3.05, 3.63) is 16.1 Å². The van der Waals surface area contributed by atoms with E-state index in [1.165, 1.54) is 0 Å². The minimum absolute atomic E-state index is 0.107. The SMILES string of the molecule is CCC(C)C(O)Cc1nc(C(C)(C)C)cs1. The average Bonchev–Trinajstić information content (AvgIpc) is 2.64. The average molecular weight is 241 g/mol. The van der Waals surface area contributed by atoms with Gasteiger partial charge in [0.25, 0.3) is 0 Å². The lowest BCUT2D eigenvalue weighted by Crippen LogP contribution is -2.20. The summed E-state index contributed by atoms with van der Waals surface area (Å²) in [5, 5.41) is 13.1. The second kappa shape index (κ2) is 5.28. The van der Waals surface area contributed by atoms with Crippen LogP contribution in [0.5, 0.6) is 0 Å². The van der Waals surface area contributed by atoms with Crippen molar-refractivity contribution < 1.29 is 5.11 Å². The number of aliphatic hydroxyl groups excluding tert-OH is 1. The molecule has 3 heteroatoms. The van der Waals surface area contributed by atoms with Crippen LogP contribution in [0.15, 0.2) is 5.38 Å². The van der Waals surface area contributed by atoms with Gasteiger partial charge in [0.1, 0.15) is 0 Å². The van der Waals surface area contributed by atoms with E-state index >= 15 is 0 Å². The second-order valence-electron chi connectivity index (χ2n) is 5.53. The van der Waals surface area contributed by atoms with Crippen molar-refractivity contribution in [3.8, 4) is 0 Å². The summed E-state index contributed by atoms with van der Waals surface area (Å²) in [6.07, 6.45) is 1.44. The fourth-order valence-electron chi connectivity index (χ4n) is 1.40. The zero-order valence-corrected chi connectivity index (χ0v) is 11.8. The van der Waals surface area contributed by atoms with Gasteiger partial charge in [0.15, 0.2) is 0 Å². The van der Waals surface area contributed by atoms with Crippen LogP contribution in [0.3, 0.4) is 0 Å². The third kappa shape index (κ3) is 3.56. The molecule has 2 nitrogen and oxygen atoms in total. The van der Waals surface area contributed by atoms with Gasteiger partial charge in [-0.25, -0.2) is 4.98 Å². The van der Waals surface area contributed by atoms with E-state index in [0.29, 0.717) is 12.3 Å². The number of thiazole rings is 1. The van der Waals surface area contributed by atoms with Gasteiger partial charge in [-0.1, -0.05) is 41.0 Å². The first kappa shape index (κ1) is 13.7. The molecular formula is C13H23NOS. The number of rotatable bonds is 4. The highest BCUT2D eigenvalue weighted by Crippen LogP contribution is 2.25. The van der Waals surface area contributed by atoms with Crippen molar-refractivity contribution in [2.24, 2.45) is 5.92 Å². The number of aromatic nitrogens is 1. The van der Waals surface area contributed by atoms with E-state index in [1.807, 2.05) is 0 Å². The summed E-state index contributed by atoms with van der Waals surface area (Å²) in [7, 11) is 0. The van der Waals surface area contributed by atoms with Crippen LogP contribution in [-0.2, 0) is 11.8 Å². The van der Waals surface area contributed by atoms with E-state index in [-0.39, 0.29) is 11.5 Å². The van der Waals surface area contributed by atoms with E-state index in [1.54, 1.807) is 11.3 Å². The van der Waals surface area contributed by atoms with Crippen molar-refractivity contribution in [1.82, 2.24) is 4.98 Å². The fourth-order valence-corrected chi connectivity index (χ4v) is 2.47. The lowest BCUT2D eigenvalue weighted by Gasteiger charge is -2.16. The van der Waals surface area contributed by atoms with Crippen LogP contribution >= 0.6 is 11.3 Å². The Hall–Kier alpha value is -0.410. The standard InChI is InChI=1S/C13H23NOS/c1-6-9(2)10(15)7-12-14-11(8-16-12)13(3,4)5/h8-10,15H,6-7H2,1-5H3. The Kier molecular flexibility index (Phi) is 4.51. The predicted molar refractivity (Wildman–Crippen MR) is 70.0 cm³/mol. The van der Waals surface area contributed by atoms with Gasteiger partial charge in [0.05, 0.1) is 16.8 Å². The summed E-state index contributed by atoms with van der Waals surface area (Å²) in [6, 6.07) is 0. The van der Waals surface area contributed by atoms with E-state index in [9.17, 15) is 5.11 Å². The highest BCUT2D eigenvalue weighted by molar-refractivity contribution is 7.09. The number of nitrogens with zero attached hydrogens (tertiary/aromatic N) is 1. The van der Waals surface area contributed by atoms with E-state index < -0.39 is 0 Å². The van der Waals surface area contributed by atoms with E-state index in [2.05, 4.69) is 45.0 Å². The van der Waals surface area contributed by atoms with Crippen molar-refractivity contribution in [1.29, 1.82) is 0 Å². The Bertz CT molecular complexity index is 327. The molecule has 0 fully saturated rings. The minimum Gasteiger partial charge on any atom is -0.392 e. The highest BCUT2D eigenvalue weighted by Gasteiger charge is 2.19. The summed E-state index contributed by atoms with van der Waals surface area (Å²) in [4.78, 5) is 4.60. The number of aliphatic hydroxyl groups is 1. The molecule has 0 saturated heterocycles. The lowest BCUT2D eigenvalue weighted by molar-refractivity contribution is 0.114. The summed E-state index contributed by atoms with van der Waals surface area (Å²) >= 11 is 1.66. The van der Waals surface area contributed by atoms with Gasteiger partial charge in [-0.2, -0.15) is 0 Å². The summed E-state index contributed by atoms with van der Waals surface area (Å²) in [6.45, 7) is 10.7. The molecule has 0 bridgehead atoms. The van der Waals surface area contributed by atoms with Gasteiger partial charge in [0, 0.05) is 17.2 Å². The van der Waals surface area contributed by atoms with Crippen molar-refractivity contribution >= 4 is 11.3 Å². The van der Waals surface area contributed by atoms with Crippen LogP contribution in [0.2, 0.25) is 0 Å². The zero-order valence-electron chi connectivity index (χ0n) is 10.9. The van der Waals surface area contributed by atoms with Gasteiger partial charge < -0.3 is 5.11 Å². The molecule has 16 heavy (non-hydrogen) atoms. The molecule has 2 atom stereocenters. The second-order valence-corrected chi connectivity index (χ2v) is 6.48. The quantitative estimate of drug-likeness (QED) is 0.876. The molecule has 1 N–H and O–H groups in total. The normalized spacial score (nSPS) is 16.1. The molecule has 0 radical (unpaired) electrons. The molecule has 0 amide bonds. The topological polar surface area (TPSA) is 33.1 Å². The maximum Gasteiger partial charge on any atom is 0.0954 e. The smallest absolute Gasteiger partial charge is 0.0954 e. The van der Waals surface area contributed by atoms with Crippen molar-refractivity contribution in [3.63, 3.8) is 0 Å². The van der Waals surface area contributed by atoms with Gasteiger partial charge in [-0.05, 0) is 5.92 Å². The molecule has 92 valence electrons. The first-order valence-electron chi connectivity index (χ1n) is 5.97. The summed E-state index contributed by atoms with van der Waals surface area (Å²) in [5.41, 5.74) is 1.24. The van der Waals surface area contributed by atoms with E-state index in [0.717, 1.165) is 17.1 Å². The number of hydrogen-bond acceptors (Lipinski definition) is 3. The molecule has 2 unspecified atom stereocenters. The molecular weight excluding hydrogens is 218 g/mol. The molecule has 1 rings (SSSR count). The summed E-state index contributed by atoms with van der Waals surface area (Å²) < 4.78 is 0. The lowest BCUT2D eigenvalue weighted by atomic mass is 9.93. The Balaban J connectivity index is 2.66. The van der Waals surface area contributed by atoms with Crippen molar-refractivity contribution in [2.45, 2.75) is 59.0 Å². The third-order valence-corrected chi connectivity index (χ3v) is 3.88. The van der Waals surface area contributed by atoms with Crippen LogP contribution in [-0.4, -0.2) is 16.2 Å². The van der Waals surface area contributed by atoms with Crippen LogP contribution in [0.25, 0.3) is 0 Å².